The zero-order chi connectivity index (χ0) is 13.7. The number of rotatable bonds is 6. The number of benzene rings is 1. The third-order valence-corrected chi connectivity index (χ3v) is 3.94. The largest absolute Gasteiger partial charge is 0.494 e. The summed E-state index contributed by atoms with van der Waals surface area (Å²) in [6.45, 7) is 7.11. The molecule has 1 aromatic heterocycles. The van der Waals surface area contributed by atoms with Crippen LogP contribution >= 0.6 is 11.3 Å². The highest BCUT2D eigenvalue weighted by molar-refractivity contribution is 7.07. The number of ether oxygens (including phenoxy) is 1. The Balaban J connectivity index is 1.97. The van der Waals surface area contributed by atoms with E-state index >= 15 is 0 Å². The maximum Gasteiger partial charge on any atom is 0.119 e. The van der Waals surface area contributed by atoms with Crippen molar-refractivity contribution in [3.63, 3.8) is 0 Å². The molecular formula is C16H21NOS. The molecule has 0 fully saturated rings. The van der Waals surface area contributed by atoms with E-state index in [2.05, 4.69) is 48.1 Å². The molecule has 0 amide bonds. The van der Waals surface area contributed by atoms with Crippen molar-refractivity contribution in [3.05, 3.63) is 52.2 Å². The van der Waals surface area contributed by atoms with Gasteiger partial charge in [-0.25, -0.2) is 0 Å². The van der Waals surface area contributed by atoms with Crippen LogP contribution in [0.2, 0.25) is 0 Å². The minimum Gasteiger partial charge on any atom is -0.494 e. The molecular weight excluding hydrogens is 254 g/mol. The molecule has 2 rings (SSSR count). The van der Waals surface area contributed by atoms with Gasteiger partial charge in [0, 0.05) is 12.1 Å². The van der Waals surface area contributed by atoms with Crippen LogP contribution in [-0.4, -0.2) is 6.61 Å². The lowest BCUT2D eigenvalue weighted by atomic mass is 10.1. The van der Waals surface area contributed by atoms with Crippen LogP contribution in [0, 0.1) is 0 Å². The predicted octanol–water partition coefficient (Wildman–Crippen LogP) is 4.56. The van der Waals surface area contributed by atoms with Gasteiger partial charge in [-0.1, -0.05) is 12.1 Å². The second kappa shape index (κ2) is 6.73. The lowest BCUT2D eigenvalue weighted by Crippen LogP contribution is -2.22. The monoisotopic (exact) mass is 275 g/mol. The smallest absolute Gasteiger partial charge is 0.119 e. The third kappa shape index (κ3) is 3.82. The Hall–Kier alpha value is -1.32. The zero-order valence-corrected chi connectivity index (χ0v) is 12.5. The van der Waals surface area contributed by atoms with Gasteiger partial charge in [0.05, 0.1) is 6.61 Å². The second-order valence-electron chi connectivity index (χ2n) is 4.67. The highest BCUT2D eigenvalue weighted by atomic mass is 32.1. The molecule has 0 spiro atoms. The van der Waals surface area contributed by atoms with Gasteiger partial charge in [-0.3, -0.25) is 0 Å². The molecule has 0 aliphatic rings. The van der Waals surface area contributed by atoms with Gasteiger partial charge in [-0.05, 0) is 60.9 Å². The van der Waals surface area contributed by atoms with E-state index in [1.54, 1.807) is 11.3 Å². The molecule has 2 aromatic rings. The van der Waals surface area contributed by atoms with Crippen LogP contribution < -0.4 is 10.1 Å². The van der Waals surface area contributed by atoms with Crippen LogP contribution in [0.5, 0.6) is 5.75 Å². The summed E-state index contributed by atoms with van der Waals surface area (Å²) in [6, 6.07) is 11.2. The minimum atomic E-state index is 0.325. The maximum atomic E-state index is 5.46. The minimum absolute atomic E-state index is 0.325. The molecule has 19 heavy (non-hydrogen) atoms. The molecule has 1 N–H and O–H groups in total. The summed E-state index contributed by atoms with van der Waals surface area (Å²) in [5, 5.41) is 7.93. The summed E-state index contributed by atoms with van der Waals surface area (Å²) < 4.78 is 5.46. The highest BCUT2D eigenvalue weighted by Crippen LogP contribution is 2.22. The van der Waals surface area contributed by atoms with Crippen molar-refractivity contribution in [2.45, 2.75) is 32.9 Å². The highest BCUT2D eigenvalue weighted by Gasteiger charge is 2.11. The van der Waals surface area contributed by atoms with E-state index in [4.69, 9.17) is 4.74 Å². The fraction of sp³-hybridized carbons (Fsp3) is 0.375. The Kier molecular flexibility index (Phi) is 5.00. The topological polar surface area (TPSA) is 21.3 Å². The summed E-state index contributed by atoms with van der Waals surface area (Å²) in [5.74, 6) is 0.935. The van der Waals surface area contributed by atoms with Gasteiger partial charge in [0.25, 0.3) is 0 Å². The molecule has 2 nitrogen and oxygen atoms in total. The van der Waals surface area contributed by atoms with Gasteiger partial charge in [0.15, 0.2) is 0 Å². The molecule has 0 aliphatic heterocycles. The van der Waals surface area contributed by atoms with Gasteiger partial charge < -0.3 is 10.1 Å². The van der Waals surface area contributed by atoms with Crippen LogP contribution in [0.4, 0.5) is 0 Å². The van der Waals surface area contributed by atoms with Crippen molar-refractivity contribution in [1.29, 1.82) is 0 Å². The van der Waals surface area contributed by atoms with E-state index in [0.29, 0.717) is 18.7 Å². The Bertz CT molecular complexity index is 478. The first-order chi connectivity index (χ1) is 9.20. The molecule has 2 atom stereocenters. The van der Waals surface area contributed by atoms with Crippen LogP contribution in [0.1, 0.15) is 44.0 Å². The Morgan fingerprint density at radius 1 is 1.05 bits per heavy atom. The lowest BCUT2D eigenvalue weighted by Gasteiger charge is -2.20. The molecule has 0 saturated heterocycles. The Morgan fingerprint density at radius 2 is 1.74 bits per heavy atom. The predicted molar refractivity (Wildman–Crippen MR) is 81.9 cm³/mol. The van der Waals surface area contributed by atoms with Gasteiger partial charge in [0.2, 0.25) is 0 Å². The molecule has 0 aliphatic carbocycles. The quantitative estimate of drug-likeness (QED) is 0.834. The molecule has 2 unspecified atom stereocenters. The van der Waals surface area contributed by atoms with Gasteiger partial charge >= 0.3 is 0 Å². The molecule has 0 bridgehead atoms. The lowest BCUT2D eigenvalue weighted by molar-refractivity contribution is 0.340. The van der Waals surface area contributed by atoms with Gasteiger partial charge in [0.1, 0.15) is 5.75 Å². The number of nitrogens with one attached hydrogen (secondary N) is 1. The molecule has 3 heteroatoms. The van der Waals surface area contributed by atoms with E-state index in [1.807, 2.05) is 19.1 Å². The van der Waals surface area contributed by atoms with Crippen molar-refractivity contribution in [1.82, 2.24) is 5.32 Å². The van der Waals surface area contributed by atoms with Crippen molar-refractivity contribution in [2.24, 2.45) is 0 Å². The van der Waals surface area contributed by atoms with Crippen LogP contribution in [-0.2, 0) is 0 Å². The van der Waals surface area contributed by atoms with Crippen LogP contribution in [0.25, 0.3) is 0 Å². The van der Waals surface area contributed by atoms with Crippen molar-refractivity contribution < 1.29 is 4.74 Å². The van der Waals surface area contributed by atoms with Crippen LogP contribution in [0.3, 0.4) is 0 Å². The van der Waals surface area contributed by atoms with Gasteiger partial charge in [-0.2, -0.15) is 11.3 Å². The first kappa shape index (κ1) is 14.1. The molecule has 1 heterocycles. The standard InChI is InChI=1S/C16H21NOS/c1-4-18-16-7-5-14(6-8-16)12(2)17-13(3)15-9-10-19-11-15/h5-13,17H,4H2,1-3H3. The summed E-state index contributed by atoms with van der Waals surface area (Å²) in [6.07, 6.45) is 0. The van der Waals surface area contributed by atoms with Crippen molar-refractivity contribution in [2.75, 3.05) is 6.61 Å². The molecule has 1 aromatic carbocycles. The first-order valence-electron chi connectivity index (χ1n) is 6.71. The Labute approximate surface area is 119 Å². The third-order valence-electron chi connectivity index (χ3n) is 3.23. The molecule has 0 radical (unpaired) electrons. The van der Waals surface area contributed by atoms with E-state index in [1.165, 1.54) is 11.1 Å². The van der Waals surface area contributed by atoms with Crippen molar-refractivity contribution >= 4 is 11.3 Å². The zero-order valence-electron chi connectivity index (χ0n) is 11.7. The fourth-order valence-electron chi connectivity index (χ4n) is 2.11. The molecule has 0 saturated carbocycles. The van der Waals surface area contributed by atoms with Gasteiger partial charge in [-0.15, -0.1) is 0 Å². The average molecular weight is 275 g/mol. The normalized spacial score (nSPS) is 14.1. The van der Waals surface area contributed by atoms with E-state index in [-0.39, 0.29) is 0 Å². The summed E-state index contributed by atoms with van der Waals surface area (Å²) >= 11 is 1.74. The number of hydrogen-bond acceptors (Lipinski definition) is 3. The van der Waals surface area contributed by atoms with Crippen molar-refractivity contribution in [3.8, 4) is 5.75 Å². The fourth-order valence-corrected chi connectivity index (χ4v) is 2.86. The van der Waals surface area contributed by atoms with E-state index < -0.39 is 0 Å². The summed E-state index contributed by atoms with van der Waals surface area (Å²) in [4.78, 5) is 0. The van der Waals surface area contributed by atoms with E-state index in [9.17, 15) is 0 Å². The van der Waals surface area contributed by atoms with Crippen LogP contribution in [0.15, 0.2) is 41.1 Å². The number of thiophene rings is 1. The van der Waals surface area contributed by atoms with E-state index in [0.717, 1.165) is 5.75 Å². The second-order valence-corrected chi connectivity index (χ2v) is 5.45. The SMILES string of the molecule is CCOc1ccc(C(C)NC(C)c2ccsc2)cc1. The number of hydrogen-bond donors (Lipinski definition) is 1. The average Bonchev–Trinajstić information content (AvgIpc) is 2.94. The first-order valence-corrected chi connectivity index (χ1v) is 7.66. The summed E-state index contributed by atoms with van der Waals surface area (Å²) in [5.41, 5.74) is 2.63. The molecule has 102 valence electrons. The maximum absolute atomic E-state index is 5.46. The Morgan fingerprint density at radius 3 is 2.32 bits per heavy atom. The summed E-state index contributed by atoms with van der Waals surface area (Å²) in [7, 11) is 0.